The van der Waals surface area contributed by atoms with Crippen molar-refractivity contribution in [3.63, 3.8) is 0 Å². The van der Waals surface area contributed by atoms with Gasteiger partial charge in [-0.1, -0.05) is 81.7 Å². The van der Waals surface area contributed by atoms with Crippen LogP contribution >= 0.6 is 69.6 Å². The van der Waals surface area contributed by atoms with Crippen molar-refractivity contribution in [3.8, 4) is 11.4 Å². The van der Waals surface area contributed by atoms with Crippen LogP contribution in [-0.2, 0) is 36.2 Å². The second-order valence-electron chi connectivity index (χ2n) is 6.53. The summed E-state index contributed by atoms with van der Waals surface area (Å²) < 4.78 is 5.44. The van der Waals surface area contributed by atoms with Gasteiger partial charge in [0.15, 0.2) is 29.4 Å². The summed E-state index contributed by atoms with van der Waals surface area (Å²) in [4.78, 5) is 61.2. The Kier molecular flexibility index (Phi) is 10.8. The van der Waals surface area contributed by atoms with Crippen molar-refractivity contribution >= 4 is 99.1 Å². The maximum absolute atomic E-state index is 12.5. The number of hydrogen-bond donors (Lipinski definition) is 0. The average molecular weight is 631 g/mol. The summed E-state index contributed by atoms with van der Waals surface area (Å²) in [5.74, 6) is -0.542. The molecule has 1 aromatic carbocycles. The fourth-order valence-corrected chi connectivity index (χ4v) is 3.18. The van der Waals surface area contributed by atoms with E-state index in [0.29, 0.717) is 4.90 Å². The molecule has 0 radical (unpaired) electrons. The van der Waals surface area contributed by atoms with Gasteiger partial charge < -0.3 is 9.47 Å². The lowest BCUT2D eigenvalue weighted by Crippen LogP contribution is -2.33. The van der Waals surface area contributed by atoms with Gasteiger partial charge in [0.1, 0.15) is 0 Å². The molecule has 0 aliphatic carbocycles. The van der Waals surface area contributed by atoms with Crippen molar-refractivity contribution in [2.24, 2.45) is 0 Å². The van der Waals surface area contributed by atoms with Gasteiger partial charge in [0, 0.05) is 11.3 Å². The van der Waals surface area contributed by atoms with Crippen molar-refractivity contribution in [3.05, 3.63) is 47.3 Å². The zero-order chi connectivity index (χ0) is 28.0. The maximum Gasteiger partial charge on any atom is 0.367 e. The third-order valence-electron chi connectivity index (χ3n) is 4.08. The van der Waals surface area contributed by atoms with Crippen molar-refractivity contribution < 1.29 is 28.7 Å². The normalized spacial score (nSPS) is 11.1. The molecule has 0 amide bonds. The molecule has 196 valence electrons. The van der Waals surface area contributed by atoms with Gasteiger partial charge in [-0.05, 0) is 26.0 Å². The summed E-state index contributed by atoms with van der Waals surface area (Å²) in [6, 6.07) is 5.48. The lowest BCUT2D eigenvalue weighted by atomic mass is 10.1. The van der Waals surface area contributed by atoms with E-state index in [-0.39, 0.29) is 41.9 Å². The number of hydrogen-bond acceptors (Lipinski definition) is 10. The molecule has 0 aliphatic rings. The molecular formula is C21H14Cl6N4O6. The Morgan fingerprint density at radius 2 is 1.30 bits per heavy atom. The second kappa shape index (κ2) is 12.9. The van der Waals surface area contributed by atoms with Crippen molar-refractivity contribution in [1.82, 2.24) is 15.0 Å². The van der Waals surface area contributed by atoms with E-state index in [1.807, 2.05) is 0 Å². The van der Waals surface area contributed by atoms with Gasteiger partial charge in [0.2, 0.25) is 19.0 Å². The van der Waals surface area contributed by atoms with Gasteiger partial charge in [-0.2, -0.15) is 0 Å². The molecule has 0 atom stereocenters. The molecule has 1 aromatic heterocycles. The Bertz CT molecular complexity index is 1220. The van der Waals surface area contributed by atoms with Crippen LogP contribution in [0.25, 0.3) is 11.4 Å². The SMILES string of the molecule is CCOC(=O)C(=C=O)N(C(=C=O)C(=O)OCC)c1cccc(-c2nc(C(Cl)(Cl)Cl)nc(C(Cl)(Cl)Cl)n2)c1. The minimum atomic E-state index is -2.14. The predicted molar refractivity (Wildman–Crippen MR) is 138 cm³/mol. The number of benzene rings is 1. The monoisotopic (exact) mass is 628 g/mol. The van der Waals surface area contributed by atoms with E-state index in [4.69, 9.17) is 79.1 Å². The summed E-state index contributed by atoms with van der Waals surface area (Å²) in [7, 11) is 0. The quantitative estimate of drug-likeness (QED) is 0.177. The number of esters is 2. The molecule has 37 heavy (non-hydrogen) atoms. The largest absolute Gasteiger partial charge is 0.461 e. The number of ether oxygens (including phenoxy) is 2. The Morgan fingerprint density at radius 1 is 0.838 bits per heavy atom. The predicted octanol–water partition coefficient (Wildman–Crippen LogP) is 4.56. The topological polar surface area (TPSA) is 129 Å². The molecule has 0 fully saturated rings. The van der Waals surface area contributed by atoms with E-state index in [9.17, 15) is 19.2 Å². The van der Waals surface area contributed by atoms with Crippen molar-refractivity contribution in [2.45, 2.75) is 21.4 Å². The summed E-state index contributed by atoms with van der Waals surface area (Å²) in [5.41, 5.74) is -1.64. The highest BCUT2D eigenvalue weighted by molar-refractivity contribution is 6.67. The van der Waals surface area contributed by atoms with Gasteiger partial charge in [-0.25, -0.2) is 34.1 Å². The average Bonchev–Trinajstić information content (AvgIpc) is 2.83. The zero-order valence-corrected chi connectivity index (χ0v) is 23.3. The molecule has 0 N–H and O–H groups in total. The molecule has 0 bridgehead atoms. The van der Waals surface area contributed by atoms with Crippen LogP contribution in [0.3, 0.4) is 0 Å². The number of carbonyl (C=O) groups excluding carboxylic acids is 4. The molecule has 2 rings (SSSR count). The van der Waals surface area contributed by atoms with Gasteiger partial charge in [0.05, 0.1) is 13.2 Å². The van der Waals surface area contributed by atoms with E-state index in [1.165, 1.54) is 50.0 Å². The van der Waals surface area contributed by atoms with Gasteiger partial charge >= 0.3 is 11.9 Å². The van der Waals surface area contributed by atoms with Gasteiger partial charge in [-0.15, -0.1) is 0 Å². The van der Waals surface area contributed by atoms with Crippen LogP contribution in [0.1, 0.15) is 25.5 Å². The van der Waals surface area contributed by atoms with Crippen LogP contribution in [-0.4, -0.2) is 52.0 Å². The lowest BCUT2D eigenvalue weighted by molar-refractivity contribution is -0.138. The molecule has 16 heteroatoms. The summed E-state index contributed by atoms with van der Waals surface area (Å²) >= 11 is 35.5. The Balaban J connectivity index is 2.81. The standard InChI is InChI=1S/C21H14Cl6N4O6/c1-3-36-16(34)13(9-32)31(14(10-33)17(35)37-4-2)12-7-5-6-11(8-12)15-28-18(20(22,23)24)30-19(29-15)21(25,26)27/h5-8H,3-4H2,1-2H3. The number of halogens is 6. The van der Waals surface area contributed by atoms with Crippen LogP contribution in [0.15, 0.2) is 35.7 Å². The fourth-order valence-electron chi connectivity index (χ4n) is 2.67. The minimum absolute atomic E-state index is 0.0958. The Labute approximate surface area is 240 Å². The van der Waals surface area contributed by atoms with Crippen molar-refractivity contribution in [2.75, 3.05) is 18.1 Å². The van der Waals surface area contributed by atoms with Crippen LogP contribution in [0.2, 0.25) is 0 Å². The van der Waals surface area contributed by atoms with Crippen LogP contribution in [0.5, 0.6) is 0 Å². The first-order valence-corrected chi connectivity index (χ1v) is 12.2. The molecule has 10 nitrogen and oxygen atoms in total. The fraction of sp³-hybridized carbons (Fsp3) is 0.286. The second-order valence-corrected chi connectivity index (χ2v) is 11.1. The van der Waals surface area contributed by atoms with E-state index < -0.39 is 30.9 Å². The Hall–Kier alpha value is -2.39. The highest BCUT2D eigenvalue weighted by atomic mass is 35.6. The number of rotatable bonds is 8. The molecule has 0 aliphatic heterocycles. The first-order valence-electron chi connectivity index (χ1n) is 9.93. The number of aromatic nitrogens is 3. The number of nitrogens with zero attached hydrogens (tertiary/aromatic N) is 4. The van der Waals surface area contributed by atoms with Crippen LogP contribution in [0.4, 0.5) is 5.69 Å². The molecular weight excluding hydrogens is 617 g/mol. The highest BCUT2D eigenvalue weighted by Gasteiger charge is 2.35. The first kappa shape index (κ1) is 30.8. The molecule has 0 saturated carbocycles. The Morgan fingerprint density at radius 3 is 1.68 bits per heavy atom. The van der Waals surface area contributed by atoms with E-state index >= 15 is 0 Å². The third kappa shape index (κ3) is 7.80. The van der Waals surface area contributed by atoms with Crippen molar-refractivity contribution in [1.29, 1.82) is 0 Å². The summed E-state index contributed by atoms with van der Waals surface area (Å²) in [6.07, 6.45) is 0. The maximum atomic E-state index is 12.5. The number of alkyl halides is 6. The van der Waals surface area contributed by atoms with Crippen LogP contribution < -0.4 is 4.90 Å². The third-order valence-corrected chi connectivity index (χ3v) is 5.10. The van der Waals surface area contributed by atoms with E-state index in [2.05, 4.69) is 15.0 Å². The molecule has 0 spiro atoms. The number of anilines is 1. The summed E-state index contributed by atoms with van der Waals surface area (Å²) in [5, 5.41) is 0. The minimum Gasteiger partial charge on any atom is -0.461 e. The molecule has 0 saturated heterocycles. The highest BCUT2D eigenvalue weighted by Crippen LogP contribution is 2.41. The van der Waals surface area contributed by atoms with E-state index in [1.54, 1.807) is 0 Å². The molecule has 0 unspecified atom stereocenters. The molecule has 2 aromatic rings. The van der Waals surface area contributed by atoms with E-state index in [0.717, 1.165) is 0 Å². The van der Waals surface area contributed by atoms with Gasteiger partial charge in [0.25, 0.3) is 0 Å². The number of carbonyl (C=O) groups is 2. The molecule has 1 heterocycles. The lowest BCUT2D eigenvalue weighted by Gasteiger charge is -2.23. The first-order chi connectivity index (χ1) is 17.3. The van der Waals surface area contributed by atoms with Gasteiger partial charge in [-0.3, -0.25) is 4.90 Å². The summed E-state index contributed by atoms with van der Waals surface area (Å²) in [6.45, 7) is 2.72. The smallest absolute Gasteiger partial charge is 0.367 e. The van der Waals surface area contributed by atoms with Crippen LogP contribution in [0, 0.1) is 0 Å². The zero-order valence-electron chi connectivity index (χ0n) is 18.7.